The molecular weight excluding hydrogens is 318 g/mol. The summed E-state index contributed by atoms with van der Waals surface area (Å²) in [4.78, 5) is 18.2. The molecule has 0 aromatic carbocycles. The molecule has 0 spiro atoms. The number of anilines is 1. The monoisotopic (exact) mass is 329 g/mol. The largest absolute Gasteiger partial charge is 0.477 e. The Morgan fingerprint density at radius 2 is 1.83 bits per heavy atom. The van der Waals surface area contributed by atoms with Gasteiger partial charge in [0, 0.05) is 16.8 Å². The molecular formula is C14H11F4N3O2. The van der Waals surface area contributed by atoms with Gasteiger partial charge in [-0.1, -0.05) is 0 Å². The first kappa shape index (κ1) is 16.7. The molecule has 0 aliphatic carbocycles. The molecule has 0 amide bonds. The molecule has 0 atom stereocenters. The zero-order chi connectivity index (χ0) is 17.5. The number of rotatable bonds is 2. The Balaban J connectivity index is 2.70. The third-order valence-electron chi connectivity index (χ3n) is 3.26. The summed E-state index contributed by atoms with van der Waals surface area (Å²) in [5.41, 5.74) is 2.76. The lowest BCUT2D eigenvalue weighted by atomic mass is 10.0. The molecule has 0 unspecified atom stereocenters. The molecule has 3 N–H and O–H groups in total. The first-order valence-electron chi connectivity index (χ1n) is 6.28. The molecule has 0 radical (unpaired) electrons. The number of hydrogen-bond donors (Lipinski definition) is 2. The van der Waals surface area contributed by atoms with Gasteiger partial charge in [0.05, 0.1) is 5.69 Å². The molecule has 0 saturated heterocycles. The number of aromatic carboxylic acids is 1. The molecule has 0 aliphatic heterocycles. The van der Waals surface area contributed by atoms with Crippen molar-refractivity contribution >= 4 is 11.7 Å². The van der Waals surface area contributed by atoms with Crippen molar-refractivity contribution in [3.8, 4) is 11.3 Å². The van der Waals surface area contributed by atoms with Crippen molar-refractivity contribution in [3.63, 3.8) is 0 Å². The topological polar surface area (TPSA) is 89.1 Å². The molecule has 0 fully saturated rings. The van der Waals surface area contributed by atoms with E-state index >= 15 is 0 Å². The van der Waals surface area contributed by atoms with Gasteiger partial charge in [0.25, 0.3) is 0 Å². The number of pyridine rings is 2. The summed E-state index contributed by atoms with van der Waals surface area (Å²) in [6.07, 6.45) is -4.65. The number of nitrogen functional groups attached to an aromatic ring is 1. The standard InChI is InChI=1S/C14H11F4N3O2/c1-5-10(19)9(15)12(21-11(5)13(22)23)7-3-4-8(14(16,17)18)20-6(7)2/h3-4H,1-2H3,(H2,19,21)(H,22,23). The number of carboxylic acid groups (broad SMARTS) is 1. The number of alkyl halides is 3. The maximum atomic E-state index is 14.3. The summed E-state index contributed by atoms with van der Waals surface area (Å²) in [6.45, 7) is 2.53. The Kier molecular flexibility index (Phi) is 3.97. The molecule has 2 rings (SSSR count). The van der Waals surface area contributed by atoms with E-state index in [1.165, 1.54) is 13.8 Å². The summed E-state index contributed by atoms with van der Waals surface area (Å²) < 4.78 is 52.1. The van der Waals surface area contributed by atoms with Gasteiger partial charge < -0.3 is 10.8 Å². The number of carbonyl (C=O) groups is 1. The van der Waals surface area contributed by atoms with E-state index in [0.717, 1.165) is 6.07 Å². The molecule has 0 aliphatic rings. The highest BCUT2D eigenvalue weighted by Crippen LogP contribution is 2.33. The van der Waals surface area contributed by atoms with E-state index in [2.05, 4.69) is 9.97 Å². The van der Waals surface area contributed by atoms with Crippen LogP contribution < -0.4 is 5.73 Å². The fourth-order valence-corrected chi connectivity index (χ4v) is 2.02. The van der Waals surface area contributed by atoms with Crippen molar-refractivity contribution in [2.45, 2.75) is 20.0 Å². The van der Waals surface area contributed by atoms with E-state index in [1.54, 1.807) is 0 Å². The van der Waals surface area contributed by atoms with Gasteiger partial charge in [-0.25, -0.2) is 19.2 Å². The van der Waals surface area contributed by atoms with Crippen LogP contribution in [0.15, 0.2) is 12.1 Å². The van der Waals surface area contributed by atoms with Crippen LogP contribution >= 0.6 is 0 Å². The van der Waals surface area contributed by atoms with E-state index in [0.29, 0.717) is 6.07 Å². The van der Waals surface area contributed by atoms with Crippen LogP contribution in [0.2, 0.25) is 0 Å². The molecule has 23 heavy (non-hydrogen) atoms. The first-order valence-corrected chi connectivity index (χ1v) is 6.28. The lowest BCUT2D eigenvalue weighted by Gasteiger charge is -2.13. The predicted molar refractivity (Wildman–Crippen MR) is 73.3 cm³/mol. The quantitative estimate of drug-likeness (QED) is 0.826. The van der Waals surface area contributed by atoms with E-state index in [4.69, 9.17) is 10.8 Å². The second-order valence-electron chi connectivity index (χ2n) is 4.79. The highest BCUT2D eigenvalue weighted by Gasteiger charge is 2.33. The minimum atomic E-state index is -4.65. The average Bonchev–Trinajstić information content (AvgIpc) is 2.44. The molecule has 122 valence electrons. The minimum absolute atomic E-state index is 0.0590. The smallest absolute Gasteiger partial charge is 0.433 e. The predicted octanol–water partition coefficient (Wildman–Crippen LogP) is 3.20. The Bertz CT molecular complexity index is 804. The van der Waals surface area contributed by atoms with Gasteiger partial charge >= 0.3 is 12.1 Å². The van der Waals surface area contributed by atoms with E-state index in [9.17, 15) is 22.4 Å². The summed E-state index contributed by atoms with van der Waals surface area (Å²) in [5, 5.41) is 9.07. The highest BCUT2D eigenvalue weighted by atomic mass is 19.4. The maximum Gasteiger partial charge on any atom is 0.433 e. The SMILES string of the molecule is Cc1nc(C(F)(F)F)ccc1-c1nc(C(=O)O)c(C)c(N)c1F. The van der Waals surface area contributed by atoms with Crippen molar-refractivity contribution < 1.29 is 27.5 Å². The fraction of sp³-hybridized carbons (Fsp3) is 0.214. The molecule has 2 heterocycles. The molecule has 5 nitrogen and oxygen atoms in total. The van der Waals surface area contributed by atoms with E-state index in [-0.39, 0.29) is 16.8 Å². The van der Waals surface area contributed by atoms with Gasteiger partial charge in [-0.3, -0.25) is 0 Å². The lowest BCUT2D eigenvalue weighted by Crippen LogP contribution is -2.12. The van der Waals surface area contributed by atoms with Gasteiger partial charge in [-0.05, 0) is 26.0 Å². The summed E-state index contributed by atoms with van der Waals surface area (Å²) in [7, 11) is 0. The van der Waals surface area contributed by atoms with Crippen LogP contribution in [0.3, 0.4) is 0 Å². The van der Waals surface area contributed by atoms with Crippen LogP contribution in [0.5, 0.6) is 0 Å². The third kappa shape index (κ3) is 2.94. The van der Waals surface area contributed by atoms with Gasteiger partial charge in [0.1, 0.15) is 11.4 Å². The maximum absolute atomic E-state index is 14.3. The zero-order valence-electron chi connectivity index (χ0n) is 12.0. The number of nitrogens with two attached hydrogens (primary N) is 1. The Morgan fingerprint density at radius 1 is 1.22 bits per heavy atom. The normalized spacial score (nSPS) is 11.6. The minimum Gasteiger partial charge on any atom is -0.477 e. The van der Waals surface area contributed by atoms with Gasteiger partial charge in [0.15, 0.2) is 11.5 Å². The number of nitrogens with zero attached hydrogens (tertiary/aromatic N) is 2. The van der Waals surface area contributed by atoms with E-state index < -0.39 is 40.7 Å². The fourth-order valence-electron chi connectivity index (χ4n) is 2.02. The second kappa shape index (κ2) is 5.49. The van der Waals surface area contributed by atoms with Crippen molar-refractivity contribution in [2.75, 3.05) is 5.73 Å². The van der Waals surface area contributed by atoms with Crippen molar-refractivity contribution in [1.29, 1.82) is 0 Å². The number of carboxylic acids is 1. The van der Waals surface area contributed by atoms with Gasteiger partial charge in [-0.2, -0.15) is 13.2 Å². The molecule has 0 bridgehead atoms. The van der Waals surface area contributed by atoms with Crippen molar-refractivity contribution in [1.82, 2.24) is 9.97 Å². The van der Waals surface area contributed by atoms with Crippen LogP contribution in [0.4, 0.5) is 23.2 Å². The highest BCUT2D eigenvalue weighted by molar-refractivity contribution is 5.90. The van der Waals surface area contributed by atoms with Crippen LogP contribution in [0.25, 0.3) is 11.3 Å². The van der Waals surface area contributed by atoms with Gasteiger partial charge in [0.2, 0.25) is 0 Å². The van der Waals surface area contributed by atoms with Crippen LogP contribution in [-0.2, 0) is 6.18 Å². The van der Waals surface area contributed by atoms with E-state index in [1.807, 2.05) is 0 Å². The molecule has 9 heteroatoms. The van der Waals surface area contributed by atoms with Gasteiger partial charge in [-0.15, -0.1) is 0 Å². The summed E-state index contributed by atoms with van der Waals surface area (Å²) >= 11 is 0. The Morgan fingerprint density at radius 3 is 2.30 bits per heavy atom. The number of aryl methyl sites for hydroxylation is 1. The average molecular weight is 329 g/mol. The zero-order valence-corrected chi connectivity index (χ0v) is 12.0. The van der Waals surface area contributed by atoms with Crippen LogP contribution in [0, 0.1) is 19.7 Å². The number of hydrogen-bond acceptors (Lipinski definition) is 4. The van der Waals surface area contributed by atoms with Crippen molar-refractivity contribution in [3.05, 3.63) is 40.6 Å². The second-order valence-corrected chi connectivity index (χ2v) is 4.79. The third-order valence-corrected chi connectivity index (χ3v) is 3.26. The molecule has 0 saturated carbocycles. The Hall–Kier alpha value is -2.71. The summed E-state index contributed by atoms with van der Waals surface area (Å²) in [6, 6.07) is 1.65. The summed E-state index contributed by atoms with van der Waals surface area (Å²) in [5.74, 6) is -2.43. The van der Waals surface area contributed by atoms with Crippen LogP contribution in [0.1, 0.15) is 27.4 Å². The first-order chi connectivity index (χ1) is 10.5. The van der Waals surface area contributed by atoms with Crippen LogP contribution in [-0.4, -0.2) is 21.0 Å². The number of aromatic nitrogens is 2. The van der Waals surface area contributed by atoms with Crippen molar-refractivity contribution in [2.24, 2.45) is 0 Å². The molecule has 2 aromatic rings. The number of halogens is 4. The lowest BCUT2D eigenvalue weighted by molar-refractivity contribution is -0.141. The Labute approximate surface area is 127 Å². The molecule has 2 aromatic heterocycles.